The summed E-state index contributed by atoms with van der Waals surface area (Å²) in [5, 5.41) is 12.0. The van der Waals surface area contributed by atoms with Crippen molar-refractivity contribution in [1.29, 1.82) is 0 Å². The summed E-state index contributed by atoms with van der Waals surface area (Å²) in [4.78, 5) is 29.6. The van der Waals surface area contributed by atoms with Gasteiger partial charge in [-0.15, -0.1) is 0 Å². The highest BCUT2D eigenvalue weighted by Crippen LogP contribution is 2.19. The van der Waals surface area contributed by atoms with E-state index in [1.165, 1.54) is 6.20 Å². The lowest BCUT2D eigenvalue weighted by atomic mass is 10.1. The Balaban J connectivity index is 1.66. The van der Waals surface area contributed by atoms with Gasteiger partial charge in [0.15, 0.2) is 0 Å². The van der Waals surface area contributed by atoms with Crippen molar-refractivity contribution in [3.05, 3.63) is 58.3 Å². The summed E-state index contributed by atoms with van der Waals surface area (Å²) in [6.45, 7) is 0.844. The molecule has 1 aliphatic heterocycles. The second-order valence-corrected chi connectivity index (χ2v) is 5.70. The van der Waals surface area contributed by atoms with Crippen molar-refractivity contribution >= 4 is 5.91 Å². The molecule has 1 saturated heterocycles. The van der Waals surface area contributed by atoms with Crippen LogP contribution in [0.4, 0.5) is 0 Å². The van der Waals surface area contributed by atoms with Crippen molar-refractivity contribution in [2.45, 2.75) is 25.2 Å². The predicted molar refractivity (Wildman–Crippen MR) is 88.3 cm³/mol. The van der Waals surface area contributed by atoms with Crippen LogP contribution in [0, 0.1) is 0 Å². The van der Waals surface area contributed by atoms with Crippen LogP contribution in [0.5, 0.6) is 5.75 Å². The average Bonchev–Trinajstić information content (AvgIpc) is 2.64. The van der Waals surface area contributed by atoms with Gasteiger partial charge in [0.25, 0.3) is 11.5 Å². The highest BCUT2D eigenvalue weighted by Gasteiger charge is 2.29. The number of hydrogen-bond acceptors (Lipinski definition) is 6. The van der Waals surface area contributed by atoms with Gasteiger partial charge >= 0.3 is 0 Å². The first-order valence-electron chi connectivity index (χ1n) is 7.95. The van der Waals surface area contributed by atoms with E-state index in [2.05, 4.69) is 15.3 Å². The number of aromatic nitrogens is 2. The number of amides is 1. The van der Waals surface area contributed by atoms with Crippen LogP contribution in [0.2, 0.25) is 0 Å². The van der Waals surface area contributed by atoms with Gasteiger partial charge in [-0.2, -0.15) is 0 Å². The SMILES string of the molecule is O=C(N[C@@H]1CCOC[C@H]1Oc1ccc(CO)cc1)c1c[nH]c(=O)cn1. The number of carbonyl (C=O) groups excluding carboxylic acids is 1. The van der Waals surface area contributed by atoms with Crippen LogP contribution in [0.15, 0.2) is 41.5 Å². The molecular formula is C17H19N3O5. The van der Waals surface area contributed by atoms with Gasteiger partial charge in [-0.1, -0.05) is 12.1 Å². The van der Waals surface area contributed by atoms with Gasteiger partial charge < -0.3 is 24.9 Å². The number of rotatable bonds is 5. The summed E-state index contributed by atoms with van der Waals surface area (Å²) in [6.07, 6.45) is 2.60. The molecule has 0 aliphatic carbocycles. The van der Waals surface area contributed by atoms with E-state index >= 15 is 0 Å². The zero-order chi connectivity index (χ0) is 17.6. The van der Waals surface area contributed by atoms with Crippen LogP contribution < -0.4 is 15.6 Å². The molecule has 0 radical (unpaired) electrons. The molecule has 0 bridgehead atoms. The number of aromatic amines is 1. The van der Waals surface area contributed by atoms with Crippen molar-refractivity contribution in [1.82, 2.24) is 15.3 Å². The summed E-state index contributed by atoms with van der Waals surface area (Å²) >= 11 is 0. The molecule has 1 fully saturated rings. The standard InChI is InChI=1S/C17H19N3O5/c21-9-11-1-3-12(4-2-11)25-15-10-24-6-5-13(15)20-17(23)14-7-19-16(22)8-18-14/h1-4,7-8,13,15,21H,5-6,9-10H2,(H,19,22)(H,20,23)/t13-,15-/m1/s1. The molecule has 2 atom stereocenters. The van der Waals surface area contributed by atoms with Crippen LogP contribution >= 0.6 is 0 Å². The minimum atomic E-state index is -0.382. The molecule has 8 nitrogen and oxygen atoms in total. The minimum absolute atomic E-state index is 0.0301. The minimum Gasteiger partial charge on any atom is -0.486 e. The van der Waals surface area contributed by atoms with E-state index in [0.29, 0.717) is 25.4 Å². The number of aliphatic hydroxyl groups excluding tert-OH is 1. The Hall–Kier alpha value is -2.71. The van der Waals surface area contributed by atoms with Gasteiger partial charge in [-0.05, 0) is 24.1 Å². The van der Waals surface area contributed by atoms with Gasteiger partial charge in [0, 0.05) is 12.8 Å². The molecule has 1 aromatic heterocycles. The van der Waals surface area contributed by atoms with Gasteiger partial charge in [-0.25, -0.2) is 4.98 Å². The Kier molecular flexibility index (Phi) is 5.42. The highest BCUT2D eigenvalue weighted by molar-refractivity contribution is 5.92. The van der Waals surface area contributed by atoms with E-state index in [1.807, 2.05) is 0 Å². The van der Waals surface area contributed by atoms with Gasteiger partial charge in [0.05, 0.1) is 25.5 Å². The highest BCUT2D eigenvalue weighted by atomic mass is 16.5. The van der Waals surface area contributed by atoms with Crippen molar-refractivity contribution < 1.29 is 19.4 Å². The van der Waals surface area contributed by atoms with E-state index in [9.17, 15) is 9.59 Å². The second kappa shape index (κ2) is 7.91. The third-order valence-electron chi connectivity index (χ3n) is 3.92. The summed E-state index contributed by atoms with van der Waals surface area (Å²) in [6, 6.07) is 6.84. The number of nitrogens with zero attached hydrogens (tertiary/aromatic N) is 1. The van der Waals surface area contributed by atoms with Gasteiger partial charge in [-0.3, -0.25) is 9.59 Å². The molecule has 1 amide bonds. The Morgan fingerprint density at radius 3 is 2.88 bits per heavy atom. The van der Waals surface area contributed by atoms with Crippen molar-refractivity contribution in [3.8, 4) is 5.75 Å². The third-order valence-corrected chi connectivity index (χ3v) is 3.92. The van der Waals surface area contributed by atoms with E-state index in [0.717, 1.165) is 11.8 Å². The van der Waals surface area contributed by atoms with Crippen LogP contribution in [0.3, 0.4) is 0 Å². The number of hydrogen-bond donors (Lipinski definition) is 3. The topological polar surface area (TPSA) is 114 Å². The first-order chi connectivity index (χ1) is 12.2. The molecule has 3 N–H and O–H groups in total. The maximum atomic E-state index is 12.3. The summed E-state index contributed by atoms with van der Waals surface area (Å²) in [5.74, 6) is 0.251. The summed E-state index contributed by atoms with van der Waals surface area (Å²) in [5.41, 5.74) is 0.563. The zero-order valence-electron chi connectivity index (χ0n) is 13.5. The first kappa shape index (κ1) is 17.1. The number of carbonyl (C=O) groups is 1. The molecule has 2 heterocycles. The normalized spacial score (nSPS) is 20.0. The Bertz CT molecular complexity index is 754. The number of benzene rings is 1. The van der Waals surface area contributed by atoms with Crippen LogP contribution in [-0.2, 0) is 11.3 Å². The van der Waals surface area contributed by atoms with Crippen LogP contribution in [-0.4, -0.2) is 46.3 Å². The largest absolute Gasteiger partial charge is 0.486 e. The molecule has 8 heteroatoms. The predicted octanol–water partition coefficient (Wildman–Crippen LogP) is 0.228. The maximum Gasteiger partial charge on any atom is 0.271 e. The van der Waals surface area contributed by atoms with Crippen LogP contribution in [0.1, 0.15) is 22.5 Å². The number of H-pyrrole nitrogens is 1. The summed E-state index contributed by atoms with van der Waals surface area (Å²) < 4.78 is 11.4. The molecule has 1 aromatic carbocycles. The molecule has 132 valence electrons. The Morgan fingerprint density at radius 1 is 1.40 bits per heavy atom. The fourth-order valence-corrected chi connectivity index (χ4v) is 2.55. The molecule has 1 aliphatic rings. The average molecular weight is 345 g/mol. The van der Waals surface area contributed by atoms with Crippen molar-refractivity contribution in [2.75, 3.05) is 13.2 Å². The molecule has 0 saturated carbocycles. The first-order valence-corrected chi connectivity index (χ1v) is 7.95. The molecule has 0 unspecified atom stereocenters. The lowest BCUT2D eigenvalue weighted by Crippen LogP contribution is -2.51. The number of nitrogens with one attached hydrogen (secondary N) is 2. The fraction of sp³-hybridized carbons (Fsp3) is 0.353. The van der Waals surface area contributed by atoms with Gasteiger partial charge in [0.1, 0.15) is 17.5 Å². The lowest BCUT2D eigenvalue weighted by Gasteiger charge is -2.32. The van der Waals surface area contributed by atoms with Crippen molar-refractivity contribution in [3.63, 3.8) is 0 Å². The quantitative estimate of drug-likeness (QED) is 0.715. The van der Waals surface area contributed by atoms with E-state index < -0.39 is 0 Å². The zero-order valence-corrected chi connectivity index (χ0v) is 13.5. The van der Waals surface area contributed by atoms with Crippen molar-refractivity contribution in [2.24, 2.45) is 0 Å². The summed E-state index contributed by atoms with van der Waals surface area (Å²) in [7, 11) is 0. The second-order valence-electron chi connectivity index (χ2n) is 5.70. The lowest BCUT2D eigenvalue weighted by molar-refractivity contribution is -0.0135. The maximum absolute atomic E-state index is 12.3. The Morgan fingerprint density at radius 2 is 2.20 bits per heavy atom. The van der Waals surface area contributed by atoms with E-state index in [-0.39, 0.29) is 35.9 Å². The van der Waals surface area contributed by atoms with Crippen LogP contribution in [0.25, 0.3) is 0 Å². The molecule has 0 spiro atoms. The number of aliphatic hydroxyl groups is 1. The van der Waals surface area contributed by atoms with E-state index in [4.69, 9.17) is 14.6 Å². The molecule has 25 heavy (non-hydrogen) atoms. The monoisotopic (exact) mass is 345 g/mol. The fourth-order valence-electron chi connectivity index (χ4n) is 2.55. The number of ether oxygens (including phenoxy) is 2. The third kappa shape index (κ3) is 4.43. The van der Waals surface area contributed by atoms with E-state index in [1.54, 1.807) is 24.3 Å². The van der Waals surface area contributed by atoms with Gasteiger partial charge in [0.2, 0.25) is 0 Å². The molecule has 3 rings (SSSR count). The molecular weight excluding hydrogens is 326 g/mol. The Labute approximate surface area is 143 Å². The smallest absolute Gasteiger partial charge is 0.271 e. The molecule has 2 aromatic rings.